The average molecular weight is 274 g/mol. The summed E-state index contributed by atoms with van der Waals surface area (Å²) in [7, 11) is 0. The van der Waals surface area contributed by atoms with E-state index in [1.165, 1.54) is 57.3 Å². The molecule has 1 aliphatic rings. The van der Waals surface area contributed by atoms with E-state index >= 15 is 0 Å². The number of nitrogens with one attached hydrogen (secondary N) is 1. The lowest BCUT2D eigenvalue weighted by atomic mass is 10.0. The molecule has 0 amide bonds. The highest BCUT2D eigenvalue weighted by molar-refractivity contribution is 5.14. The fourth-order valence-electron chi connectivity index (χ4n) is 3.17. The predicted octanol–water partition coefficient (Wildman–Crippen LogP) is 3.47. The molecule has 0 radical (unpaired) electrons. The molecule has 2 nitrogen and oxygen atoms in total. The Morgan fingerprint density at radius 1 is 1.20 bits per heavy atom. The van der Waals surface area contributed by atoms with Crippen molar-refractivity contribution >= 4 is 0 Å². The Balaban J connectivity index is 1.64. The van der Waals surface area contributed by atoms with E-state index in [0.29, 0.717) is 6.04 Å². The van der Waals surface area contributed by atoms with Gasteiger partial charge in [-0.2, -0.15) is 0 Å². The maximum atomic E-state index is 3.79. The van der Waals surface area contributed by atoms with Crippen LogP contribution >= 0.6 is 0 Å². The summed E-state index contributed by atoms with van der Waals surface area (Å²) in [6.07, 6.45) is 6.38. The Morgan fingerprint density at radius 2 is 1.90 bits per heavy atom. The lowest BCUT2D eigenvalue weighted by Crippen LogP contribution is -2.45. The molecule has 0 bridgehead atoms. The summed E-state index contributed by atoms with van der Waals surface area (Å²) in [6.45, 7) is 8.31. The van der Waals surface area contributed by atoms with E-state index in [1.54, 1.807) is 0 Å². The van der Waals surface area contributed by atoms with Gasteiger partial charge in [-0.25, -0.2) is 0 Å². The van der Waals surface area contributed by atoms with E-state index in [2.05, 4.69) is 54.4 Å². The van der Waals surface area contributed by atoms with Gasteiger partial charge in [-0.1, -0.05) is 43.7 Å². The molecule has 20 heavy (non-hydrogen) atoms. The molecule has 1 heterocycles. The van der Waals surface area contributed by atoms with Crippen LogP contribution in [0.5, 0.6) is 0 Å². The first kappa shape index (κ1) is 15.5. The summed E-state index contributed by atoms with van der Waals surface area (Å²) < 4.78 is 0. The van der Waals surface area contributed by atoms with Crippen molar-refractivity contribution in [1.82, 2.24) is 10.2 Å². The van der Waals surface area contributed by atoms with E-state index in [-0.39, 0.29) is 0 Å². The Morgan fingerprint density at radius 3 is 2.55 bits per heavy atom. The SMILES string of the molecule is CCCC(C)NC1CCN(CCc2ccccc2)CC1. The smallest absolute Gasteiger partial charge is 0.00938 e. The average Bonchev–Trinajstić information content (AvgIpc) is 2.48. The predicted molar refractivity (Wildman–Crippen MR) is 87.1 cm³/mol. The minimum Gasteiger partial charge on any atom is -0.311 e. The van der Waals surface area contributed by atoms with Gasteiger partial charge in [0, 0.05) is 18.6 Å². The highest BCUT2D eigenvalue weighted by Crippen LogP contribution is 2.13. The zero-order valence-electron chi connectivity index (χ0n) is 13.1. The van der Waals surface area contributed by atoms with E-state index in [4.69, 9.17) is 0 Å². The second kappa shape index (κ2) is 8.43. The van der Waals surface area contributed by atoms with Gasteiger partial charge in [0.05, 0.1) is 0 Å². The standard InChI is InChI=1S/C18H30N2/c1-3-7-16(2)19-18-11-14-20(15-12-18)13-10-17-8-5-4-6-9-17/h4-6,8-9,16,18-19H,3,7,10-15H2,1-2H3. The minimum absolute atomic E-state index is 0.681. The van der Waals surface area contributed by atoms with Crippen molar-refractivity contribution in [1.29, 1.82) is 0 Å². The topological polar surface area (TPSA) is 15.3 Å². The molecular weight excluding hydrogens is 244 g/mol. The van der Waals surface area contributed by atoms with Gasteiger partial charge in [0.25, 0.3) is 0 Å². The van der Waals surface area contributed by atoms with Crippen molar-refractivity contribution < 1.29 is 0 Å². The van der Waals surface area contributed by atoms with Crippen molar-refractivity contribution in [2.75, 3.05) is 19.6 Å². The van der Waals surface area contributed by atoms with Crippen LogP contribution < -0.4 is 5.32 Å². The normalized spacial score (nSPS) is 19.1. The van der Waals surface area contributed by atoms with Gasteiger partial charge in [-0.3, -0.25) is 0 Å². The first-order valence-corrected chi connectivity index (χ1v) is 8.30. The van der Waals surface area contributed by atoms with Gasteiger partial charge in [-0.15, -0.1) is 0 Å². The molecule has 2 heteroatoms. The molecule has 1 fully saturated rings. The van der Waals surface area contributed by atoms with E-state index in [1.807, 2.05) is 0 Å². The summed E-state index contributed by atoms with van der Waals surface area (Å²) in [5.74, 6) is 0. The van der Waals surface area contributed by atoms with Crippen LogP contribution in [0.15, 0.2) is 30.3 Å². The van der Waals surface area contributed by atoms with Crippen LogP contribution in [-0.4, -0.2) is 36.6 Å². The van der Waals surface area contributed by atoms with Crippen LogP contribution in [0, 0.1) is 0 Å². The lowest BCUT2D eigenvalue weighted by Gasteiger charge is -2.34. The van der Waals surface area contributed by atoms with Crippen LogP contribution in [0.4, 0.5) is 0 Å². The number of nitrogens with zero attached hydrogens (tertiary/aromatic N) is 1. The molecule has 0 aliphatic carbocycles. The summed E-state index contributed by atoms with van der Waals surface area (Å²) in [6, 6.07) is 12.3. The molecule has 1 N–H and O–H groups in total. The summed E-state index contributed by atoms with van der Waals surface area (Å²) >= 11 is 0. The molecule has 1 aromatic rings. The molecule has 0 spiro atoms. The second-order valence-corrected chi connectivity index (χ2v) is 6.21. The Labute approximate surface area is 124 Å². The Bertz CT molecular complexity index is 355. The van der Waals surface area contributed by atoms with Gasteiger partial charge in [-0.05, 0) is 51.3 Å². The van der Waals surface area contributed by atoms with Gasteiger partial charge < -0.3 is 10.2 Å². The van der Waals surface area contributed by atoms with E-state index in [9.17, 15) is 0 Å². The molecule has 0 saturated carbocycles. The van der Waals surface area contributed by atoms with Gasteiger partial charge in [0.15, 0.2) is 0 Å². The summed E-state index contributed by atoms with van der Waals surface area (Å²) in [5.41, 5.74) is 1.46. The van der Waals surface area contributed by atoms with Crippen molar-refractivity contribution in [3.05, 3.63) is 35.9 Å². The van der Waals surface area contributed by atoms with Crippen LogP contribution in [0.25, 0.3) is 0 Å². The van der Waals surface area contributed by atoms with Crippen molar-refractivity contribution in [3.63, 3.8) is 0 Å². The highest BCUT2D eigenvalue weighted by Gasteiger charge is 2.19. The maximum Gasteiger partial charge on any atom is 0.00938 e. The van der Waals surface area contributed by atoms with Gasteiger partial charge in [0.1, 0.15) is 0 Å². The fraction of sp³-hybridized carbons (Fsp3) is 0.667. The molecule has 1 unspecified atom stereocenters. The van der Waals surface area contributed by atoms with E-state index < -0.39 is 0 Å². The third-order valence-electron chi connectivity index (χ3n) is 4.39. The second-order valence-electron chi connectivity index (χ2n) is 6.21. The summed E-state index contributed by atoms with van der Waals surface area (Å²) in [5, 5.41) is 3.79. The fourth-order valence-corrected chi connectivity index (χ4v) is 3.17. The van der Waals surface area contributed by atoms with Crippen molar-refractivity contribution in [2.24, 2.45) is 0 Å². The quantitative estimate of drug-likeness (QED) is 0.819. The Hall–Kier alpha value is -0.860. The molecular formula is C18H30N2. The zero-order valence-corrected chi connectivity index (χ0v) is 13.1. The lowest BCUT2D eigenvalue weighted by molar-refractivity contribution is 0.192. The maximum absolute atomic E-state index is 3.79. The van der Waals surface area contributed by atoms with E-state index in [0.717, 1.165) is 6.04 Å². The van der Waals surface area contributed by atoms with Gasteiger partial charge >= 0.3 is 0 Å². The van der Waals surface area contributed by atoms with Crippen LogP contribution in [0.3, 0.4) is 0 Å². The molecule has 0 aromatic heterocycles. The number of hydrogen-bond acceptors (Lipinski definition) is 2. The number of hydrogen-bond donors (Lipinski definition) is 1. The number of rotatable bonds is 7. The van der Waals surface area contributed by atoms with Gasteiger partial charge in [0.2, 0.25) is 0 Å². The minimum atomic E-state index is 0.681. The van der Waals surface area contributed by atoms with Crippen LogP contribution in [0.1, 0.15) is 45.1 Å². The van der Waals surface area contributed by atoms with Crippen LogP contribution in [-0.2, 0) is 6.42 Å². The molecule has 1 saturated heterocycles. The summed E-state index contributed by atoms with van der Waals surface area (Å²) in [4.78, 5) is 2.62. The van der Waals surface area contributed by atoms with Crippen LogP contribution in [0.2, 0.25) is 0 Å². The molecule has 1 aromatic carbocycles. The zero-order chi connectivity index (χ0) is 14.2. The first-order chi connectivity index (χ1) is 9.78. The monoisotopic (exact) mass is 274 g/mol. The number of benzene rings is 1. The first-order valence-electron chi connectivity index (χ1n) is 8.30. The third-order valence-corrected chi connectivity index (χ3v) is 4.39. The molecule has 1 atom stereocenters. The molecule has 1 aliphatic heterocycles. The number of piperidine rings is 1. The Kier molecular flexibility index (Phi) is 6.55. The van der Waals surface area contributed by atoms with Crippen molar-refractivity contribution in [3.8, 4) is 0 Å². The largest absolute Gasteiger partial charge is 0.311 e. The highest BCUT2D eigenvalue weighted by atomic mass is 15.1. The van der Waals surface area contributed by atoms with Crippen molar-refractivity contribution in [2.45, 2.75) is 58.0 Å². The number of likely N-dealkylation sites (tertiary alicyclic amines) is 1. The molecule has 2 rings (SSSR count). The molecule has 112 valence electrons. The third kappa shape index (κ3) is 5.26.